The Morgan fingerprint density at radius 3 is 2.72 bits per heavy atom. The minimum Gasteiger partial charge on any atom is -0.352 e. The van der Waals surface area contributed by atoms with Crippen LogP contribution in [-0.4, -0.2) is 42.3 Å². The number of hydrogen-bond acceptors (Lipinski definition) is 7. The van der Waals surface area contributed by atoms with Crippen LogP contribution in [0.1, 0.15) is 12.8 Å². The van der Waals surface area contributed by atoms with Crippen LogP contribution in [0.5, 0.6) is 0 Å². The number of anilines is 1. The lowest BCUT2D eigenvalue weighted by atomic mass is 10.2. The van der Waals surface area contributed by atoms with Gasteiger partial charge in [-0.05, 0) is 43.2 Å². The van der Waals surface area contributed by atoms with Gasteiger partial charge in [0, 0.05) is 43.0 Å². The first-order chi connectivity index (χ1) is 14.3. The molecule has 0 radical (unpaired) electrons. The number of rotatable bonds is 4. The first kappa shape index (κ1) is 17.4. The topological polar surface area (TPSA) is 89.7 Å². The third-order valence-electron chi connectivity index (χ3n) is 5.21. The fourth-order valence-corrected chi connectivity index (χ4v) is 3.79. The summed E-state index contributed by atoms with van der Waals surface area (Å²) in [5.74, 6) is 0.860. The van der Waals surface area contributed by atoms with E-state index in [-0.39, 0.29) is 11.6 Å². The molecule has 0 aromatic carbocycles. The summed E-state index contributed by atoms with van der Waals surface area (Å²) in [7, 11) is 0. The van der Waals surface area contributed by atoms with Gasteiger partial charge in [0.25, 0.3) is 5.56 Å². The van der Waals surface area contributed by atoms with Gasteiger partial charge in [0.2, 0.25) is 0 Å². The Balaban J connectivity index is 1.44. The molecule has 0 bridgehead atoms. The van der Waals surface area contributed by atoms with Gasteiger partial charge in [-0.1, -0.05) is 0 Å². The molecule has 5 rings (SSSR count). The minimum atomic E-state index is -0.105. The van der Waals surface area contributed by atoms with Gasteiger partial charge in [0.05, 0.1) is 18.3 Å². The molecule has 1 aliphatic heterocycles. The van der Waals surface area contributed by atoms with Crippen LogP contribution in [-0.2, 0) is 6.54 Å². The maximum atomic E-state index is 12.4. The average Bonchev–Trinajstić information content (AvgIpc) is 3.24. The van der Waals surface area contributed by atoms with Crippen molar-refractivity contribution in [2.24, 2.45) is 0 Å². The maximum absolute atomic E-state index is 12.4. The molecule has 8 heteroatoms. The summed E-state index contributed by atoms with van der Waals surface area (Å²) in [6.45, 7) is 1.40. The summed E-state index contributed by atoms with van der Waals surface area (Å²) >= 11 is 0. The smallest absolute Gasteiger partial charge is 0.266 e. The van der Waals surface area contributed by atoms with E-state index in [1.165, 1.54) is 0 Å². The van der Waals surface area contributed by atoms with E-state index in [2.05, 4.69) is 29.9 Å². The molecule has 1 aliphatic rings. The highest BCUT2D eigenvalue weighted by Gasteiger charge is 2.27. The Hall–Kier alpha value is -3.68. The van der Waals surface area contributed by atoms with Gasteiger partial charge in [0.1, 0.15) is 11.3 Å². The molecule has 0 N–H and O–H groups in total. The Morgan fingerprint density at radius 1 is 0.966 bits per heavy atom. The molecule has 1 fully saturated rings. The van der Waals surface area contributed by atoms with Crippen LogP contribution in [0.25, 0.3) is 22.4 Å². The van der Waals surface area contributed by atoms with Crippen molar-refractivity contribution in [1.29, 1.82) is 0 Å². The first-order valence-corrected chi connectivity index (χ1v) is 9.61. The second kappa shape index (κ2) is 7.38. The molecular weight excluding hydrogens is 366 g/mol. The number of nitrogens with zero attached hydrogens (tertiary/aromatic N) is 7. The second-order valence-corrected chi connectivity index (χ2v) is 7.03. The highest BCUT2D eigenvalue weighted by atomic mass is 16.1. The summed E-state index contributed by atoms with van der Waals surface area (Å²) < 4.78 is 1.56. The molecular formula is C21H19N7O. The van der Waals surface area contributed by atoms with E-state index in [1.807, 2.05) is 24.3 Å². The lowest BCUT2D eigenvalue weighted by Crippen LogP contribution is -2.37. The molecule has 0 spiro atoms. The Morgan fingerprint density at radius 2 is 1.83 bits per heavy atom. The van der Waals surface area contributed by atoms with Gasteiger partial charge in [-0.2, -0.15) is 5.10 Å². The van der Waals surface area contributed by atoms with Crippen LogP contribution in [0.3, 0.4) is 0 Å². The zero-order valence-corrected chi connectivity index (χ0v) is 15.7. The summed E-state index contributed by atoms with van der Waals surface area (Å²) in [5, 5.41) is 4.59. The van der Waals surface area contributed by atoms with E-state index in [9.17, 15) is 4.79 Å². The van der Waals surface area contributed by atoms with Crippen molar-refractivity contribution >= 4 is 17.0 Å². The van der Waals surface area contributed by atoms with E-state index in [1.54, 1.807) is 41.6 Å². The van der Waals surface area contributed by atoms with Crippen molar-refractivity contribution in [1.82, 2.24) is 29.7 Å². The number of pyridine rings is 2. The molecule has 1 saturated heterocycles. The normalized spacial score (nSPS) is 16.4. The SMILES string of the molecule is O=c1ccc(-c2ccncc2)nn1CC1CCCN1c1ccc2nccnc2n1. The molecule has 0 amide bonds. The zero-order valence-electron chi connectivity index (χ0n) is 15.7. The molecule has 1 atom stereocenters. The van der Waals surface area contributed by atoms with Gasteiger partial charge >= 0.3 is 0 Å². The fourth-order valence-electron chi connectivity index (χ4n) is 3.79. The van der Waals surface area contributed by atoms with Crippen LogP contribution in [0, 0.1) is 0 Å². The molecule has 5 heterocycles. The second-order valence-electron chi connectivity index (χ2n) is 7.03. The largest absolute Gasteiger partial charge is 0.352 e. The Bertz CT molecular complexity index is 1210. The van der Waals surface area contributed by atoms with Gasteiger partial charge in [-0.15, -0.1) is 0 Å². The van der Waals surface area contributed by atoms with Crippen molar-refractivity contribution in [3.8, 4) is 11.3 Å². The average molecular weight is 385 g/mol. The van der Waals surface area contributed by atoms with Gasteiger partial charge in [-0.3, -0.25) is 14.8 Å². The van der Waals surface area contributed by atoms with Crippen LogP contribution in [0.4, 0.5) is 5.82 Å². The Labute approximate surface area is 166 Å². The lowest BCUT2D eigenvalue weighted by Gasteiger charge is -2.26. The number of fused-ring (bicyclic) bond motifs is 1. The predicted molar refractivity (Wildman–Crippen MR) is 109 cm³/mol. The van der Waals surface area contributed by atoms with E-state index in [0.29, 0.717) is 12.2 Å². The van der Waals surface area contributed by atoms with E-state index in [0.717, 1.165) is 42.0 Å². The quantitative estimate of drug-likeness (QED) is 0.532. The monoisotopic (exact) mass is 385 g/mol. The maximum Gasteiger partial charge on any atom is 0.266 e. The van der Waals surface area contributed by atoms with E-state index < -0.39 is 0 Å². The third-order valence-corrected chi connectivity index (χ3v) is 5.21. The van der Waals surface area contributed by atoms with Crippen molar-refractivity contribution in [2.75, 3.05) is 11.4 Å². The van der Waals surface area contributed by atoms with Crippen molar-refractivity contribution in [2.45, 2.75) is 25.4 Å². The predicted octanol–water partition coefficient (Wildman–Crippen LogP) is 2.31. The van der Waals surface area contributed by atoms with Crippen molar-refractivity contribution < 1.29 is 0 Å². The molecule has 0 saturated carbocycles. The van der Waals surface area contributed by atoms with Crippen molar-refractivity contribution in [3.63, 3.8) is 0 Å². The highest BCUT2D eigenvalue weighted by molar-refractivity contribution is 5.71. The van der Waals surface area contributed by atoms with Gasteiger partial charge in [-0.25, -0.2) is 14.6 Å². The molecule has 4 aromatic heterocycles. The van der Waals surface area contributed by atoms with Crippen LogP contribution >= 0.6 is 0 Å². The first-order valence-electron chi connectivity index (χ1n) is 9.61. The standard InChI is InChI=1S/C21H19N7O/c29-20-6-4-17(15-7-9-22-10-8-15)26-28(20)14-16-2-1-13-27(16)19-5-3-18-21(25-19)24-12-11-23-18/h3-12,16H,1-2,13-14H2. The summed E-state index contributed by atoms with van der Waals surface area (Å²) in [6.07, 6.45) is 8.78. The minimum absolute atomic E-state index is 0.105. The van der Waals surface area contributed by atoms with Crippen LogP contribution < -0.4 is 10.5 Å². The van der Waals surface area contributed by atoms with Crippen molar-refractivity contribution in [3.05, 3.63) is 71.5 Å². The molecule has 8 nitrogen and oxygen atoms in total. The van der Waals surface area contributed by atoms with Gasteiger partial charge in [0.15, 0.2) is 5.65 Å². The summed E-state index contributed by atoms with van der Waals surface area (Å²) in [4.78, 5) is 32.0. The molecule has 1 unspecified atom stereocenters. The van der Waals surface area contributed by atoms with E-state index in [4.69, 9.17) is 0 Å². The molecule has 0 aliphatic carbocycles. The van der Waals surface area contributed by atoms with Gasteiger partial charge < -0.3 is 4.90 Å². The molecule has 144 valence electrons. The number of hydrogen-bond donors (Lipinski definition) is 0. The van der Waals surface area contributed by atoms with E-state index >= 15 is 0 Å². The zero-order chi connectivity index (χ0) is 19.6. The third kappa shape index (κ3) is 3.44. The molecule has 4 aromatic rings. The summed E-state index contributed by atoms with van der Waals surface area (Å²) in [6, 6.07) is 11.2. The van der Waals surface area contributed by atoms with Crippen LogP contribution in [0.2, 0.25) is 0 Å². The highest BCUT2D eigenvalue weighted by Crippen LogP contribution is 2.26. The fraction of sp³-hybridized carbons (Fsp3) is 0.238. The lowest BCUT2D eigenvalue weighted by molar-refractivity contribution is 0.489. The molecule has 29 heavy (non-hydrogen) atoms. The number of aromatic nitrogens is 6. The Kier molecular flexibility index (Phi) is 4.44. The van der Waals surface area contributed by atoms with Crippen LogP contribution in [0.15, 0.2) is 66.0 Å². The summed E-state index contributed by atoms with van der Waals surface area (Å²) in [5.41, 5.74) is 3.00.